The van der Waals surface area contributed by atoms with Gasteiger partial charge in [-0.3, -0.25) is 0 Å². The normalized spacial score (nSPS) is 12.2. The van der Waals surface area contributed by atoms with Crippen LogP contribution in [0.15, 0.2) is 36.5 Å². The summed E-state index contributed by atoms with van der Waals surface area (Å²) in [4.78, 5) is 6.93. The van der Waals surface area contributed by atoms with Crippen molar-refractivity contribution in [1.82, 2.24) is 4.98 Å². The Hall–Kier alpha value is -1.87. The largest absolute Gasteiger partial charge is 0.328 e. The van der Waals surface area contributed by atoms with Crippen molar-refractivity contribution in [2.45, 2.75) is 40.2 Å². The number of nitrogens with zero attached hydrogens (tertiary/aromatic N) is 2. The minimum Gasteiger partial charge on any atom is -0.328 e. The second kappa shape index (κ2) is 6.72. The minimum atomic E-state index is 0.163. The van der Waals surface area contributed by atoms with E-state index in [1.165, 1.54) is 22.4 Å². The maximum atomic E-state index is 5.87. The molecule has 2 aromatic rings. The monoisotopic (exact) mass is 283 g/mol. The number of aromatic nitrogens is 1. The van der Waals surface area contributed by atoms with E-state index in [1.54, 1.807) is 0 Å². The van der Waals surface area contributed by atoms with Crippen LogP contribution in [0.2, 0.25) is 0 Å². The maximum absolute atomic E-state index is 5.87. The fraction of sp³-hybridized carbons (Fsp3) is 0.389. The molecule has 1 atom stereocenters. The zero-order valence-corrected chi connectivity index (χ0v) is 13.4. The van der Waals surface area contributed by atoms with E-state index in [-0.39, 0.29) is 6.04 Å². The third kappa shape index (κ3) is 3.82. The maximum Gasteiger partial charge on any atom is 0.135 e. The molecular formula is C18H25N3. The minimum absolute atomic E-state index is 0.163. The fourth-order valence-corrected chi connectivity index (χ4v) is 2.64. The molecular weight excluding hydrogens is 258 g/mol. The van der Waals surface area contributed by atoms with Crippen molar-refractivity contribution >= 4 is 11.5 Å². The summed E-state index contributed by atoms with van der Waals surface area (Å²) in [5.41, 5.74) is 10.7. The van der Waals surface area contributed by atoms with Crippen molar-refractivity contribution in [3.05, 3.63) is 53.2 Å². The first kappa shape index (κ1) is 15.5. The van der Waals surface area contributed by atoms with Gasteiger partial charge in [0.15, 0.2) is 0 Å². The Balaban J connectivity index is 2.34. The Kier molecular flexibility index (Phi) is 4.97. The number of hydrogen-bond donors (Lipinski definition) is 1. The molecule has 1 heterocycles. The quantitative estimate of drug-likeness (QED) is 0.908. The summed E-state index contributed by atoms with van der Waals surface area (Å²) in [6, 6.07) is 10.9. The van der Waals surface area contributed by atoms with Gasteiger partial charge in [-0.05, 0) is 62.9 Å². The lowest BCUT2D eigenvalue weighted by Gasteiger charge is -2.24. The highest BCUT2D eigenvalue weighted by Gasteiger charge is 2.12. The fourth-order valence-electron chi connectivity index (χ4n) is 2.64. The number of nitrogens with two attached hydrogens (primary N) is 1. The lowest BCUT2D eigenvalue weighted by atomic mass is 10.1. The van der Waals surface area contributed by atoms with Gasteiger partial charge in [-0.15, -0.1) is 0 Å². The van der Waals surface area contributed by atoms with Crippen molar-refractivity contribution in [1.29, 1.82) is 0 Å². The Labute approximate surface area is 127 Å². The highest BCUT2D eigenvalue weighted by atomic mass is 15.2. The van der Waals surface area contributed by atoms with Gasteiger partial charge in [-0.1, -0.05) is 18.2 Å². The molecule has 0 aliphatic heterocycles. The van der Waals surface area contributed by atoms with Crippen molar-refractivity contribution in [2.75, 3.05) is 11.4 Å². The van der Waals surface area contributed by atoms with Gasteiger partial charge in [-0.2, -0.15) is 0 Å². The van der Waals surface area contributed by atoms with Crippen molar-refractivity contribution in [2.24, 2.45) is 5.73 Å². The Morgan fingerprint density at radius 3 is 2.57 bits per heavy atom. The van der Waals surface area contributed by atoms with Gasteiger partial charge in [0.25, 0.3) is 0 Å². The molecule has 21 heavy (non-hydrogen) atoms. The van der Waals surface area contributed by atoms with E-state index in [0.29, 0.717) is 0 Å². The molecule has 0 fully saturated rings. The third-order valence-electron chi connectivity index (χ3n) is 3.55. The molecule has 0 saturated heterocycles. The first-order valence-electron chi connectivity index (χ1n) is 7.56. The van der Waals surface area contributed by atoms with Crippen LogP contribution < -0.4 is 10.6 Å². The topological polar surface area (TPSA) is 42.2 Å². The van der Waals surface area contributed by atoms with Crippen LogP contribution in [0.1, 0.15) is 30.5 Å². The van der Waals surface area contributed by atoms with E-state index < -0.39 is 0 Å². The number of rotatable bonds is 5. The van der Waals surface area contributed by atoms with Crippen molar-refractivity contribution in [3.8, 4) is 0 Å². The molecule has 0 aliphatic carbocycles. The summed E-state index contributed by atoms with van der Waals surface area (Å²) in [7, 11) is 0. The van der Waals surface area contributed by atoms with Crippen LogP contribution in [0.5, 0.6) is 0 Å². The van der Waals surface area contributed by atoms with Gasteiger partial charge < -0.3 is 10.6 Å². The molecule has 1 aromatic heterocycles. The summed E-state index contributed by atoms with van der Waals surface area (Å²) in [5, 5.41) is 0. The molecule has 0 radical (unpaired) electrons. The predicted molar refractivity (Wildman–Crippen MR) is 90.2 cm³/mol. The van der Waals surface area contributed by atoms with Gasteiger partial charge in [-0.25, -0.2) is 4.98 Å². The first-order valence-corrected chi connectivity index (χ1v) is 7.56. The number of hydrogen-bond acceptors (Lipinski definition) is 3. The highest BCUT2D eigenvalue weighted by Crippen LogP contribution is 2.27. The van der Waals surface area contributed by atoms with Crippen LogP contribution in [0.4, 0.5) is 11.5 Å². The second-order valence-corrected chi connectivity index (χ2v) is 5.75. The first-order chi connectivity index (χ1) is 10.0. The van der Waals surface area contributed by atoms with Crippen LogP contribution >= 0.6 is 0 Å². The zero-order valence-electron chi connectivity index (χ0n) is 13.4. The van der Waals surface area contributed by atoms with Crippen LogP contribution in [0, 0.1) is 13.8 Å². The van der Waals surface area contributed by atoms with E-state index in [2.05, 4.69) is 61.0 Å². The van der Waals surface area contributed by atoms with Crippen LogP contribution in [-0.4, -0.2) is 17.6 Å². The molecule has 0 amide bonds. The van der Waals surface area contributed by atoms with Gasteiger partial charge in [0.1, 0.15) is 5.82 Å². The van der Waals surface area contributed by atoms with Gasteiger partial charge in [0, 0.05) is 24.5 Å². The molecule has 3 heteroatoms. The summed E-state index contributed by atoms with van der Waals surface area (Å²) in [6.45, 7) is 9.30. The number of aryl methyl sites for hydroxylation is 2. The Morgan fingerprint density at radius 2 is 2.00 bits per heavy atom. The van der Waals surface area contributed by atoms with Crippen LogP contribution in [0.25, 0.3) is 0 Å². The number of benzene rings is 1. The summed E-state index contributed by atoms with van der Waals surface area (Å²) in [6.07, 6.45) is 2.81. The average molecular weight is 283 g/mol. The molecule has 1 aromatic carbocycles. The third-order valence-corrected chi connectivity index (χ3v) is 3.55. The van der Waals surface area contributed by atoms with Crippen LogP contribution in [0.3, 0.4) is 0 Å². The molecule has 0 bridgehead atoms. The average Bonchev–Trinajstić information content (AvgIpc) is 2.41. The second-order valence-electron chi connectivity index (χ2n) is 5.75. The number of pyridine rings is 1. The summed E-state index contributed by atoms with van der Waals surface area (Å²) < 4.78 is 0. The SMILES string of the molecule is CCN(c1cccc(C)c1)c1ncc(CC(C)N)cc1C. The molecule has 1 unspecified atom stereocenters. The molecule has 0 saturated carbocycles. The smallest absolute Gasteiger partial charge is 0.135 e. The van der Waals surface area contributed by atoms with Crippen molar-refractivity contribution in [3.63, 3.8) is 0 Å². The highest BCUT2D eigenvalue weighted by molar-refractivity contribution is 5.63. The standard InChI is InChI=1S/C18H25N3/c1-5-21(17-8-6-7-13(2)9-17)18-14(3)10-16(12-20-18)11-15(4)19/h6-10,12,15H,5,11,19H2,1-4H3. The lowest BCUT2D eigenvalue weighted by molar-refractivity contribution is 0.734. The van der Waals surface area contributed by atoms with Crippen LogP contribution in [-0.2, 0) is 6.42 Å². The molecule has 0 aliphatic rings. The molecule has 2 rings (SSSR count). The molecule has 2 N–H and O–H groups in total. The van der Waals surface area contributed by atoms with Gasteiger partial charge in [0.05, 0.1) is 0 Å². The summed E-state index contributed by atoms with van der Waals surface area (Å²) >= 11 is 0. The Morgan fingerprint density at radius 1 is 1.24 bits per heavy atom. The van der Waals surface area contributed by atoms with E-state index >= 15 is 0 Å². The zero-order chi connectivity index (χ0) is 15.4. The van der Waals surface area contributed by atoms with Gasteiger partial charge >= 0.3 is 0 Å². The Bertz CT molecular complexity index is 605. The molecule has 112 valence electrons. The van der Waals surface area contributed by atoms with Gasteiger partial charge in [0.2, 0.25) is 0 Å². The lowest BCUT2D eigenvalue weighted by Crippen LogP contribution is -2.20. The van der Waals surface area contributed by atoms with E-state index in [4.69, 9.17) is 5.73 Å². The van der Waals surface area contributed by atoms with E-state index in [9.17, 15) is 0 Å². The summed E-state index contributed by atoms with van der Waals surface area (Å²) in [5.74, 6) is 1.02. The predicted octanol–water partition coefficient (Wildman–Crippen LogP) is 3.75. The van der Waals surface area contributed by atoms with Crippen molar-refractivity contribution < 1.29 is 0 Å². The van der Waals surface area contributed by atoms with E-state index in [0.717, 1.165) is 18.8 Å². The molecule has 3 nitrogen and oxygen atoms in total. The number of anilines is 2. The molecule has 0 spiro atoms. The van der Waals surface area contributed by atoms with E-state index in [1.807, 2.05) is 13.1 Å².